The molecule has 0 fully saturated rings. The minimum atomic E-state index is -0.0772. The van der Waals surface area contributed by atoms with E-state index in [1.165, 1.54) is 4.68 Å². The average molecular weight is 572 g/mol. The van der Waals surface area contributed by atoms with Crippen molar-refractivity contribution in [3.8, 4) is 5.75 Å². The van der Waals surface area contributed by atoms with Crippen LogP contribution >= 0.6 is 27.5 Å². The number of unbranched alkanes of at least 4 members (excludes halogenated alkanes) is 3. The molecule has 0 aliphatic carbocycles. The Labute approximate surface area is 223 Å². The summed E-state index contributed by atoms with van der Waals surface area (Å²) >= 11 is 9.45. The van der Waals surface area contributed by atoms with Crippen molar-refractivity contribution in [2.24, 2.45) is 0 Å². The minimum Gasteiger partial charge on any atom is -0.487 e. The van der Waals surface area contributed by atoms with Crippen molar-refractivity contribution >= 4 is 50.0 Å². The van der Waals surface area contributed by atoms with Crippen LogP contribution in [0.4, 0.5) is 5.69 Å². The standard InChI is InChI=1S/C26H28BrClN6O2/c27-19-5-8-22(9-6-19)36-18-21-16-34(33-32-21)17-26(35)31-13-4-2-1-3-12-29-24-11-14-30-25-15-20(28)7-10-23(24)25/h5-11,14-16H,1-4,12-13,17-18H2,(H,29,30)(H,31,35). The number of nitrogens with zero attached hydrogens (tertiary/aromatic N) is 4. The van der Waals surface area contributed by atoms with Crippen LogP contribution in [-0.2, 0) is 17.9 Å². The van der Waals surface area contributed by atoms with Gasteiger partial charge in [-0.25, -0.2) is 4.68 Å². The quantitative estimate of drug-likeness (QED) is 0.203. The smallest absolute Gasteiger partial charge is 0.241 e. The number of benzene rings is 2. The number of carbonyl (C=O) groups excluding carboxylic acids is 1. The SMILES string of the molecule is O=C(Cn1cc(COc2ccc(Br)cc2)nn1)NCCCCCCNc1ccnc2cc(Cl)ccc12. The molecule has 0 spiro atoms. The van der Waals surface area contributed by atoms with E-state index in [2.05, 4.69) is 41.9 Å². The molecule has 10 heteroatoms. The number of hydrogen-bond donors (Lipinski definition) is 2. The maximum absolute atomic E-state index is 12.2. The van der Waals surface area contributed by atoms with Gasteiger partial charge in [0.2, 0.25) is 5.91 Å². The molecule has 2 aromatic carbocycles. The number of nitrogens with one attached hydrogen (secondary N) is 2. The van der Waals surface area contributed by atoms with Crippen LogP contribution in [0.3, 0.4) is 0 Å². The Kier molecular flexibility index (Phi) is 9.52. The predicted octanol–water partition coefficient (Wildman–Crippen LogP) is 5.61. The number of ether oxygens (including phenoxy) is 1. The summed E-state index contributed by atoms with van der Waals surface area (Å²) in [4.78, 5) is 16.6. The van der Waals surface area contributed by atoms with Gasteiger partial charge in [0.15, 0.2) is 0 Å². The van der Waals surface area contributed by atoms with Crippen molar-refractivity contribution in [3.63, 3.8) is 0 Å². The number of carbonyl (C=O) groups is 1. The molecule has 2 heterocycles. The van der Waals surface area contributed by atoms with Crippen molar-refractivity contribution < 1.29 is 9.53 Å². The summed E-state index contributed by atoms with van der Waals surface area (Å²) in [5.41, 5.74) is 2.63. The number of amides is 1. The first kappa shape index (κ1) is 25.9. The van der Waals surface area contributed by atoms with Crippen LogP contribution in [0.1, 0.15) is 31.4 Å². The molecule has 0 aliphatic heterocycles. The second kappa shape index (κ2) is 13.2. The van der Waals surface area contributed by atoms with Gasteiger partial charge in [0.1, 0.15) is 24.6 Å². The Morgan fingerprint density at radius 2 is 1.83 bits per heavy atom. The summed E-state index contributed by atoms with van der Waals surface area (Å²) in [6, 6.07) is 15.3. The molecule has 188 valence electrons. The number of pyridine rings is 1. The predicted molar refractivity (Wildman–Crippen MR) is 145 cm³/mol. The molecule has 0 unspecified atom stereocenters. The van der Waals surface area contributed by atoms with E-state index in [0.29, 0.717) is 23.9 Å². The summed E-state index contributed by atoms with van der Waals surface area (Å²) in [5.74, 6) is 0.670. The summed E-state index contributed by atoms with van der Waals surface area (Å²) < 4.78 is 8.20. The summed E-state index contributed by atoms with van der Waals surface area (Å²) in [7, 11) is 0. The van der Waals surface area contributed by atoms with Gasteiger partial charge in [-0.2, -0.15) is 0 Å². The molecule has 0 bridgehead atoms. The second-order valence-electron chi connectivity index (χ2n) is 8.36. The maximum atomic E-state index is 12.2. The lowest BCUT2D eigenvalue weighted by Crippen LogP contribution is -2.28. The first-order valence-corrected chi connectivity index (χ1v) is 13.1. The van der Waals surface area contributed by atoms with E-state index in [9.17, 15) is 4.79 Å². The zero-order valence-corrected chi connectivity index (χ0v) is 22.1. The molecule has 0 saturated carbocycles. The monoisotopic (exact) mass is 570 g/mol. The molecule has 8 nitrogen and oxygen atoms in total. The lowest BCUT2D eigenvalue weighted by Gasteiger charge is -2.10. The normalized spacial score (nSPS) is 10.9. The van der Waals surface area contributed by atoms with Crippen LogP contribution < -0.4 is 15.4 Å². The highest BCUT2D eigenvalue weighted by Gasteiger charge is 2.07. The highest BCUT2D eigenvalue weighted by atomic mass is 79.9. The van der Waals surface area contributed by atoms with E-state index < -0.39 is 0 Å². The summed E-state index contributed by atoms with van der Waals surface area (Å²) in [6.07, 6.45) is 7.65. The zero-order chi connectivity index (χ0) is 25.2. The van der Waals surface area contributed by atoms with Crippen molar-refractivity contribution in [1.82, 2.24) is 25.3 Å². The maximum Gasteiger partial charge on any atom is 0.241 e. The van der Waals surface area contributed by atoms with Gasteiger partial charge in [-0.15, -0.1) is 5.10 Å². The van der Waals surface area contributed by atoms with Crippen molar-refractivity contribution in [3.05, 3.63) is 76.1 Å². The molecule has 0 saturated heterocycles. The lowest BCUT2D eigenvalue weighted by molar-refractivity contribution is -0.121. The van der Waals surface area contributed by atoms with Crippen LogP contribution in [-0.4, -0.2) is 39.0 Å². The molecule has 1 amide bonds. The summed E-state index contributed by atoms with van der Waals surface area (Å²) in [6.45, 7) is 1.97. The van der Waals surface area contributed by atoms with E-state index in [-0.39, 0.29) is 12.5 Å². The van der Waals surface area contributed by atoms with Gasteiger partial charge >= 0.3 is 0 Å². The molecule has 2 aromatic heterocycles. The van der Waals surface area contributed by atoms with Gasteiger partial charge in [0, 0.05) is 39.9 Å². The fourth-order valence-corrected chi connectivity index (χ4v) is 4.13. The second-order valence-corrected chi connectivity index (χ2v) is 9.71. The van der Waals surface area contributed by atoms with Crippen molar-refractivity contribution in [2.45, 2.75) is 38.8 Å². The number of aromatic nitrogens is 4. The van der Waals surface area contributed by atoms with Crippen LogP contribution in [0, 0.1) is 0 Å². The lowest BCUT2D eigenvalue weighted by atomic mass is 10.1. The molecule has 4 rings (SSSR count). The highest BCUT2D eigenvalue weighted by Crippen LogP contribution is 2.24. The van der Waals surface area contributed by atoms with Crippen LogP contribution in [0.25, 0.3) is 10.9 Å². The number of rotatable bonds is 13. The van der Waals surface area contributed by atoms with Crippen LogP contribution in [0.2, 0.25) is 5.02 Å². The Bertz CT molecular complexity index is 1280. The number of anilines is 1. The van der Waals surface area contributed by atoms with Crippen LogP contribution in [0.15, 0.2) is 65.4 Å². The minimum absolute atomic E-state index is 0.0772. The van der Waals surface area contributed by atoms with Gasteiger partial charge in [0.05, 0.1) is 11.7 Å². The first-order chi connectivity index (χ1) is 17.6. The fraction of sp³-hybridized carbons (Fsp3) is 0.308. The summed E-state index contributed by atoms with van der Waals surface area (Å²) in [5, 5.41) is 16.3. The topological polar surface area (TPSA) is 94.0 Å². The van der Waals surface area contributed by atoms with E-state index in [0.717, 1.165) is 59.0 Å². The third-order valence-electron chi connectivity index (χ3n) is 5.54. The highest BCUT2D eigenvalue weighted by molar-refractivity contribution is 9.10. The number of fused-ring (bicyclic) bond motifs is 1. The number of halogens is 2. The van der Waals surface area contributed by atoms with E-state index in [1.807, 2.05) is 48.5 Å². The van der Waals surface area contributed by atoms with E-state index in [1.54, 1.807) is 12.4 Å². The Morgan fingerprint density at radius 1 is 1.03 bits per heavy atom. The first-order valence-electron chi connectivity index (χ1n) is 11.9. The molecule has 0 aliphatic rings. The molecule has 2 N–H and O–H groups in total. The van der Waals surface area contributed by atoms with Gasteiger partial charge in [-0.05, 0) is 61.4 Å². The van der Waals surface area contributed by atoms with Gasteiger partial charge < -0.3 is 15.4 Å². The average Bonchev–Trinajstić information content (AvgIpc) is 3.32. The molecule has 4 aromatic rings. The van der Waals surface area contributed by atoms with Crippen LogP contribution in [0.5, 0.6) is 5.75 Å². The third-order valence-corrected chi connectivity index (χ3v) is 6.30. The molecular formula is C26H28BrClN6O2. The van der Waals surface area contributed by atoms with E-state index >= 15 is 0 Å². The van der Waals surface area contributed by atoms with Gasteiger partial charge in [-0.3, -0.25) is 9.78 Å². The largest absolute Gasteiger partial charge is 0.487 e. The Hall–Kier alpha value is -3.17. The van der Waals surface area contributed by atoms with Gasteiger partial charge in [-0.1, -0.05) is 45.6 Å². The fourth-order valence-electron chi connectivity index (χ4n) is 3.70. The molecule has 0 atom stereocenters. The third kappa shape index (κ3) is 7.93. The molecular weight excluding hydrogens is 544 g/mol. The van der Waals surface area contributed by atoms with Crippen molar-refractivity contribution in [2.75, 3.05) is 18.4 Å². The molecule has 0 radical (unpaired) electrons. The van der Waals surface area contributed by atoms with Crippen molar-refractivity contribution in [1.29, 1.82) is 0 Å². The molecule has 36 heavy (non-hydrogen) atoms. The van der Waals surface area contributed by atoms with E-state index in [4.69, 9.17) is 16.3 Å². The Morgan fingerprint density at radius 3 is 2.67 bits per heavy atom. The Balaban J connectivity index is 1.06. The number of hydrogen-bond acceptors (Lipinski definition) is 6. The van der Waals surface area contributed by atoms with Gasteiger partial charge in [0.25, 0.3) is 0 Å². The zero-order valence-electron chi connectivity index (χ0n) is 19.8.